The lowest BCUT2D eigenvalue weighted by Crippen LogP contribution is -2.31. The standard InChI is InChI=1S/C18H17N3O2S/c1-20-10-8-12(11-16(20)22)18(23)21-9-4-6-14(21)17-19-13-5-2-3-7-15(13)24-17/h2-3,5,7-8,10-11,14H,4,6,9H2,1H3/t14-/m0/s1. The van der Waals surface area contributed by atoms with E-state index in [0.717, 1.165) is 28.1 Å². The Labute approximate surface area is 143 Å². The molecule has 1 aliphatic heterocycles. The molecule has 6 heteroatoms. The third-order valence-electron chi connectivity index (χ3n) is 4.46. The number of para-hydroxylation sites is 1. The van der Waals surface area contributed by atoms with Gasteiger partial charge in [0.05, 0.1) is 16.3 Å². The summed E-state index contributed by atoms with van der Waals surface area (Å²) in [6, 6.07) is 11.1. The second kappa shape index (κ2) is 5.87. The number of rotatable bonds is 2. The van der Waals surface area contributed by atoms with Gasteiger partial charge in [-0.25, -0.2) is 4.98 Å². The normalized spacial score (nSPS) is 17.5. The van der Waals surface area contributed by atoms with Gasteiger partial charge in [-0.05, 0) is 31.0 Å². The lowest BCUT2D eigenvalue weighted by Gasteiger charge is -2.23. The van der Waals surface area contributed by atoms with Crippen LogP contribution in [-0.4, -0.2) is 26.9 Å². The van der Waals surface area contributed by atoms with Gasteiger partial charge in [0.25, 0.3) is 11.5 Å². The number of likely N-dealkylation sites (tertiary alicyclic amines) is 1. The van der Waals surface area contributed by atoms with Gasteiger partial charge in [0.2, 0.25) is 0 Å². The van der Waals surface area contributed by atoms with Crippen molar-refractivity contribution in [3.63, 3.8) is 0 Å². The third kappa shape index (κ3) is 2.53. The van der Waals surface area contributed by atoms with E-state index in [1.54, 1.807) is 30.6 Å². The smallest absolute Gasteiger partial charge is 0.254 e. The molecule has 0 spiro atoms. The molecular weight excluding hydrogens is 322 g/mol. The third-order valence-corrected chi connectivity index (χ3v) is 5.60. The predicted octanol–water partition coefficient (Wildman–Crippen LogP) is 2.97. The maximum absolute atomic E-state index is 12.9. The van der Waals surface area contributed by atoms with Crippen molar-refractivity contribution >= 4 is 27.5 Å². The van der Waals surface area contributed by atoms with E-state index in [4.69, 9.17) is 4.98 Å². The predicted molar refractivity (Wildman–Crippen MR) is 94.3 cm³/mol. The molecule has 0 saturated carbocycles. The number of hydrogen-bond acceptors (Lipinski definition) is 4. The van der Waals surface area contributed by atoms with Crippen LogP contribution >= 0.6 is 11.3 Å². The van der Waals surface area contributed by atoms with Crippen LogP contribution in [-0.2, 0) is 7.05 Å². The second-order valence-electron chi connectivity index (χ2n) is 6.04. The van der Waals surface area contributed by atoms with E-state index in [1.165, 1.54) is 10.6 Å². The first kappa shape index (κ1) is 15.1. The van der Waals surface area contributed by atoms with Crippen LogP contribution in [0.2, 0.25) is 0 Å². The van der Waals surface area contributed by atoms with Crippen LogP contribution in [0.5, 0.6) is 0 Å². The molecule has 3 aromatic rings. The number of carbonyl (C=O) groups is 1. The van der Waals surface area contributed by atoms with Crippen molar-refractivity contribution in [1.29, 1.82) is 0 Å². The van der Waals surface area contributed by atoms with E-state index in [0.29, 0.717) is 12.1 Å². The van der Waals surface area contributed by atoms with Crippen molar-refractivity contribution in [2.75, 3.05) is 6.54 Å². The average Bonchev–Trinajstić information content (AvgIpc) is 3.22. The van der Waals surface area contributed by atoms with Gasteiger partial charge in [0.15, 0.2) is 0 Å². The zero-order valence-corrected chi connectivity index (χ0v) is 14.1. The molecule has 122 valence electrons. The quantitative estimate of drug-likeness (QED) is 0.721. The Morgan fingerprint density at radius 1 is 1.29 bits per heavy atom. The molecule has 4 rings (SSSR count). The number of amides is 1. The van der Waals surface area contributed by atoms with E-state index in [-0.39, 0.29) is 17.5 Å². The molecule has 5 nitrogen and oxygen atoms in total. The minimum Gasteiger partial charge on any atom is -0.329 e. The number of pyridine rings is 1. The number of nitrogens with zero attached hydrogens (tertiary/aromatic N) is 3. The van der Waals surface area contributed by atoms with Crippen LogP contribution in [0.1, 0.15) is 34.2 Å². The largest absolute Gasteiger partial charge is 0.329 e. The molecule has 0 N–H and O–H groups in total. The molecule has 0 bridgehead atoms. The highest BCUT2D eigenvalue weighted by Crippen LogP contribution is 2.37. The summed E-state index contributed by atoms with van der Waals surface area (Å²) >= 11 is 1.65. The van der Waals surface area contributed by atoms with E-state index >= 15 is 0 Å². The molecular formula is C18H17N3O2S. The minimum atomic E-state index is -0.170. The Kier molecular flexibility index (Phi) is 3.69. The van der Waals surface area contributed by atoms with Crippen molar-refractivity contribution in [3.8, 4) is 0 Å². The highest BCUT2D eigenvalue weighted by molar-refractivity contribution is 7.18. The van der Waals surface area contributed by atoms with E-state index in [2.05, 4.69) is 6.07 Å². The highest BCUT2D eigenvalue weighted by Gasteiger charge is 2.32. The summed E-state index contributed by atoms with van der Waals surface area (Å²) in [6.45, 7) is 0.703. The highest BCUT2D eigenvalue weighted by atomic mass is 32.1. The van der Waals surface area contributed by atoms with Gasteiger partial charge in [0.1, 0.15) is 5.01 Å². The Bertz CT molecular complexity index is 943. The lowest BCUT2D eigenvalue weighted by atomic mass is 10.2. The molecule has 2 aromatic heterocycles. The molecule has 0 unspecified atom stereocenters. The maximum Gasteiger partial charge on any atom is 0.254 e. The zero-order chi connectivity index (χ0) is 16.7. The van der Waals surface area contributed by atoms with Gasteiger partial charge >= 0.3 is 0 Å². The fourth-order valence-electron chi connectivity index (χ4n) is 3.15. The fraction of sp³-hybridized carbons (Fsp3) is 0.278. The summed E-state index contributed by atoms with van der Waals surface area (Å²) in [5.41, 5.74) is 1.26. The van der Waals surface area contributed by atoms with E-state index < -0.39 is 0 Å². The Morgan fingerprint density at radius 2 is 2.12 bits per heavy atom. The van der Waals surface area contributed by atoms with Gasteiger partial charge < -0.3 is 9.47 Å². The lowest BCUT2D eigenvalue weighted by molar-refractivity contribution is 0.0735. The first-order valence-electron chi connectivity index (χ1n) is 7.96. The molecule has 1 saturated heterocycles. The first-order chi connectivity index (χ1) is 11.6. The van der Waals surface area contributed by atoms with E-state index in [9.17, 15) is 9.59 Å². The van der Waals surface area contributed by atoms with Gasteiger partial charge in [-0.1, -0.05) is 12.1 Å². The molecule has 1 aromatic carbocycles. The Morgan fingerprint density at radius 3 is 2.92 bits per heavy atom. The van der Waals surface area contributed by atoms with Gasteiger partial charge in [-0.15, -0.1) is 11.3 Å². The number of aryl methyl sites for hydroxylation is 1. The summed E-state index contributed by atoms with van der Waals surface area (Å²) in [5, 5.41) is 0.978. The number of carbonyl (C=O) groups excluding carboxylic acids is 1. The molecule has 1 fully saturated rings. The fourth-order valence-corrected chi connectivity index (χ4v) is 4.26. The van der Waals surface area contributed by atoms with Crippen LogP contribution in [0, 0.1) is 0 Å². The van der Waals surface area contributed by atoms with Crippen LogP contribution in [0.15, 0.2) is 47.4 Å². The van der Waals surface area contributed by atoms with Crippen LogP contribution in [0.25, 0.3) is 10.2 Å². The van der Waals surface area contributed by atoms with Crippen molar-refractivity contribution in [1.82, 2.24) is 14.5 Å². The number of aromatic nitrogens is 2. The van der Waals surface area contributed by atoms with Crippen LogP contribution in [0.3, 0.4) is 0 Å². The summed E-state index contributed by atoms with van der Waals surface area (Å²) in [4.78, 5) is 31.2. The average molecular weight is 339 g/mol. The summed E-state index contributed by atoms with van der Waals surface area (Å²) < 4.78 is 2.60. The van der Waals surface area contributed by atoms with Crippen molar-refractivity contribution in [3.05, 3.63) is 63.5 Å². The van der Waals surface area contributed by atoms with Crippen molar-refractivity contribution in [2.45, 2.75) is 18.9 Å². The second-order valence-corrected chi connectivity index (χ2v) is 7.10. The molecule has 0 radical (unpaired) electrons. The molecule has 1 amide bonds. The van der Waals surface area contributed by atoms with E-state index in [1.807, 2.05) is 23.1 Å². The Hall–Kier alpha value is -2.47. The summed E-state index contributed by atoms with van der Waals surface area (Å²) in [5.74, 6) is -0.0885. The number of hydrogen-bond donors (Lipinski definition) is 0. The summed E-state index contributed by atoms with van der Waals surface area (Å²) in [7, 11) is 1.68. The zero-order valence-electron chi connectivity index (χ0n) is 13.3. The summed E-state index contributed by atoms with van der Waals surface area (Å²) in [6.07, 6.45) is 3.51. The topological polar surface area (TPSA) is 55.2 Å². The van der Waals surface area contributed by atoms with Gasteiger partial charge in [-0.2, -0.15) is 0 Å². The molecule has 1 atom stereocenters. The SMILES string of the molecule is Cn1ccc(C(=O)N2CCC[C@H]2c2nc3ccccc3s2)cc1=O. The first-order valence-corrected chi connectivity index (χ1v) is 8.78. The Balaban J connectivity index is 1.67. The van der Waals surface area contributed by atoms with Crippen LogP contribution in [0.4, 0.5) is 0 Å². The van der Waals surface area contributed by atoms with Gasteiger partial charge in [0, 0.05) is 31.4 Å². The maximum atomic E-state index is 12.9. The molecule has 1 aliphatic rings. The van der Waals surface area contributed by atoms with Gasteiger partial charge in [-0.3, -0.25) is 9.59 Å². The molecule has 0 aliphatic carbocycles. The molecule has 3 heterocycles. The number of benzene rings is 1. The number of fused-ring (bicyclic) bond motifs is 1. The van der Waals surface area contributed by atoms with Crippen molar-refractivity contribution < 1.29 is 4.79 Å². The number of thiazole rings is 1. The monoisotopic (exact) mass is 339 g/mol. The minimum absolute atomic E-state index is 0.000965. The van der Waals surface area contributed by atoms with Crippen molar-refractivity contribution in [2.24, 2.45) is 7.05 Å². The molecule has 24 heavy (non-hydrogen) atoms. The van der Waals surface area contributed by atoms with Crippen LogP contribution < -0.4 is 5.56 Å².